The van der Waals surface area contributed by atoms with E-state index in [9.17, 15) is 9.00 Å². The van der Waals surface area contributed by atoms with Crippen molar-refractivity contribution in [2.24, 2.45) is 0 Å². The molecule has 1 saturated heterocycles. The van der Waals surface area contributed by atoms with Gasteiger partial charge in [0.05, 0.1) is 0 Å². The van der Waals surface area contributed by atoms with E-state index in [1.165, 1.54) is 0 Å². The van der Waals surface area contributed by atoms with Gasteiger partial charge < -0.3 is 9.32 Å². The summed E-state index contributed by atoms with van der Waals surface area (Å²) in [6.45, 7) is 1.37. The van der Waals surface area contributed by atoms with Crippen LogP contribution in [0, 0.1) is 0 Å². The maximum absolute atomic E-state index is 12.8. The summed E-state index contributed by atoms with van der Waals surface area (Å²) in [5.41, 5.74) is 3.30. The van der Waals surface area contributed by atoms with E-state index < -0.39 is 10.8 Å². The molecule has 1 aromatic heterocycles. The Morgan fingerprint density at radius 1 is 1.19 bits per heavy atom. The number of carbonyl (C=O) groups is 1. The fourth-order valence-electron chi connectivity index (χ4n) is 3.61. The van der Waals surface area contributed by atoms with Gasteiger partial charge in [-0.25, -0.2) is 4.98 Å². The van der Waals surface area contributed by atoms with Crippen molar-refractivity contribution < 1.29 is 13.4 Å². The molecule has 1 amide bonds. The minimum absolute atomic E-state index is 0.0368. The van der Waals surface area contributed by atoms with E-state index >= 15 is 0 Å². The molecule has 0 saturated carbocycles. The van der Waals surface area contributed by atoms with E-state index in [1.54, 1.807) is 6.26 Å². The SMILES string of the molecule is CS(=O)Cc1cccc(C(=O)N2CCC(c3nc4ccccc4o3)CC2)c1. The number of nitrogens with zero attached hydrogens (tertiary/aromatic N) is 2. The molecular weight excluding hydrogens is 360 g/mol. The number of hydrogen-bond donors (Lipinski definition) is 0. The van der Waals surface area contributed by atoms with Crippen LogP contribution in [0.4, 0.5) is 0 Å². The van der Waals surface area contributed by atoms with Crippen LogP contribution >= 0.6 is 0 Å². The number of carbonyl (C=O) groups excluding carboxylic acids is 1. The van der Waals surface area contributed by atoms with Crippen LogP contribution in [0.15, 0.2) is 52.9 Å². The quantitative estimate of drug-likeness (QED) is 0.690. The summed E-state index contributed by atoms with van der Waals surface area (Å²) in [5.74, 6) is 1.53. The molecule has 6 heteroatoms. The number of para-hydroxylation sites is 2. The molecule has 0 N–H and O–H groups in total. The van der Waals surface area contributed by atoms with E-state index in [0.29, 0.717) is 24.4 Å². The molecule has 0 bridgehead atoms. The van der Waals surface area contributed by atoms with Crippen molar-refractivity contribution in [3.8, 4) is 0 Å². The van der Waals surface area contributed by atoms with Gasteiger partial charge in [0, 0.05) is 47.4 Å². The Labute approximate surface area is 160 Å². The second kappa shape index (κ2) is 7.64. The summed E-state index contributed by atoms with van der Waals surface area (Å²) in [5, 5.41) is 0. The second-order valence-corrected chi connectivity index (χ2v) is 8.44. The van der Waals surface area contributed by atoms with Gasteiger partial charge in [0.15, 0.2) is 11.5 Å². The number of aromatic nitrogens is 1. The van der Waals surface area contributed by atoms with E-state index in [1.807, 2.05) is 53.4 Å². The van der Waals surface area contributed by atoms with E-state index in [4.69, 9.17) is 4.42 Å². The summed E-state index contributed by atoms with van der Waals surface area (Å²) < 4.78 is 17.3. The number of fused-ring (bicyclic) bond motifs is 1. The molecule has 0 spiro atoms. The Balaban J connectivity index is 1.42. The van der Waals surface area contributed by atoms with E-state index in [0.717, 1.165) is 35.4 Å². The molecule has 2 aromatic carbocycles. The third kappa shape index (κ3) is 3.95. The third-order valence-electron chi connectivity index (χ3n) is 4.99. The second-order valence-electron chi connectivity index (χ2n) is 7.00. The highest BCUT2D eigenvalue weighted by Gasteiger charge is 2.27. The highest BCUT2D eigenvalue weighted by Crippen LogP contribution is 2.30. The van der Waals surface area contributed by atoms with E-state index in [-0.39, 0.29) is 11.8 Å². The first-order valence-corrected chi connectivity index (χ1v) is 10.9. The van der Waals surface area contributed by atoms with Gasteiger partial charge in [0.1, 0.15) is 5.52 Å². The summed E-state index contributed by atoms with van der Waals surface area (Å²) in [6.07, 6.45) is 3.36. The van der Waals surface area contributed by atoms with Crippen LogP contribution in [0.3, 0.4) is 0 Å². The average Bonchev–Trinajstić information content (AvgIpc) is 3.11. The standard InChI is InChI=1S/C21H22N2O3S/c1-27(25)14-15-5-4-6-17(13-15)21(24)23-11-9-16(10-12-23)20-22-18-7-2-3-8-19(18)26-20/h2-8,13,16H,9-12,14H2,1H3. The molecule has 2 heterocycles. The topological polar surface area (TPSA) is 63.4 Å². The largest absolute Gasteiger partial charge is 0.440 e. The summed E-state index contributed by atoms with van der Waals surface area (Å²) in [4.78, 5) is 19.3. The smallest absolute Gasteiger partial charge is 0.253 e. The van der Waals surface area contributed by atoms with Gasteiger partial charge in [-0.3, -0.25) is 9.00 Å². The molecule has 27 heavy (non-hydrogen) atoms. The van der Waals surface area contributed by atoms with Crippen molar-refractivity contribution in [2.45, 2.75) is 24.5 Å². The lowest BCUT2D eigenvalue weighted by molar-refractivity contribution is 0.0706. The van der Waals surface area contributed by atoms with Gasteiger partial charge >= 0.3 is 0 Å². The van der Waals surface area contributed by atoms with Crippen LogP contribution in [0.25, 0.3) is 11.1 Å². The van der Waals surface area contributed by atoms with Crippen LogP contribution in [0.1, 0.15) is 40.6 Å². The number of oxazole rings is 1. The lowest BCUT2D eigenvalue weighted by atomic mass is 9.96. The number of piperidine rings is 1. The Hall–Kier alpha value is -2.47. The highest BCUT2D eigenvalue weighted by molar-refractivity contribution is 7.83. The van der Waals surface area contributed by atoms with Gasteiger partial charge in [-0.15, -0.1) is 0 Å². The third-order valence-corrected chi connectivity index (χ3v) is 5.73. The van der Waals surface area contributed by atoms with Gasteiger partial charge in [0.25, 0.3) is 5.91 Å². The fourth-order valence-corrected chi connectivity index (χ4v) is 4.25. The van der Waals surface area contributed by atoms with Crippen LogP contribution < -0.4 is 0 Å². The Morgan fingerprint density at radius 2 is 1.96 bits per heavy atom. The maximum atomic E-state index is 12.8. The fraction of sp³-hybridized carbons (Fsp3) is 0.333. The normalized spacial score (nSPS) is 16.6. The number of hydrogen-bond acceptors (Lipinski definition) is 4. The van der Waals surface area contributed by atoms with Gasteiger partial charge in [-0.2, -0.15) is 0 Å². The molecule has 1 aliphatic rings. The van der Waals surface area contributed by atoms with Crippen LogP contribution in [0.2, 0.25) is 0 Å². The summed E-state index contributed by atoms with van der Waals surface area (Å²) in [6, 6.07) is 15.3. The van der Waals surface area contributed by atoms with Crippen molar-refractivity contribution in [1.82, 2.24) is 9.88 Å². The highest BCUT2D eigenvalue weighted by atomic mass is 32.2. The molecule has 3 aromatic rings. The van der Waals surface area contributed by atoms with Crippen molar-refractivity contribution in [3.05, 3.63) is 65.5 Å². The molecule has 0 aliphatic carbocycles. The average molecular weight is 382 g/mol. The summed E-state index contributed by atoms with van der Waals surface area (Å²) in [7, 11) is -0.918. The molecule has 5 nitrogen and oxygen atoms in total. The minimum Gasteiger partial charge on any atom is -0.440 e. The summed E-state index contributed by atoms with van der Waals surface area (Å²) >= 11 is 0. The zero-order valence-corrected chi connectivity index (χ0v) is 16.1. The van der Waals surface area contributed by atoms with Crippen molar-refractivity contribution in [3.63, 3.8) is 0 Å². The number of benzene rings is 2. The molecule has 4 rings (SSSR count). The van der Waals surface area contributed by atoms with Crippen molar-refractivity contribution in [1.29, 1.82) is 0 Å². The zero-order chi connectivity index (χ0) is 18.8. The predicted molar refractivity (Wildman–Crippen MR) is 106 cm³/mol. The molecule has 1 aliphatic heterocycles. The lowest BCUT2D eigenvalue weighted by Crippen LogP contribution is -2.38. The number of amides is 1. The van der Waals surface area contributed by atoms with Crippen LogP contribution in [-0.4, -0.2) is 39.3 Å². The van der Waals surface area contributed by atoms with Gasteiger partial charge in [-0.05, 0) is 42.7 Å². The molecule has 1 unspecified atom stereocenters. The van der Waals surface area contributed by atoms with Gasteiger partial charge in [0.2, 0.25) is 0 Å². The molecule has 1 fully saturated rings. The molecule has 140 valence electrons. The molecular formula is C21H22N2O3S. The minimum atomic E-state index is -0.918. The van der Waals surface area contributed by atoms with Gasteiger partial charge in [-0.1, -0.05) is 24.3 Å². The first-order valence-electron chi connectivity index (χ1n) is 9.14. The monoisotopic (exact) mass is 382 g/mol. The first kappa shape index (κ1) is 17.9. The predicted octanol–water partition coefficient (Wildman–Crippen LogP) is 3.73. The van der Waals surface area contributed by atoms with Crippen LogP contribution in [0.5, 0.6) is 0 Å². The zero-order valence-electron chi connectivity index (χ0n) is 15.3. The lowest BCUT2D eigenvalue weighted by Gasteiger charge is -2.30. The number of rotatable bonds is 4. The maximum Gasteiger partial charge on any atom is 0.253 e. The van der Waals surface area contributed by atoms with Crippen LogP contribution in [-0.2, 0) is 16.6 Å². The molecule has 0 radical (unpaired) electrons. The Kier molecular flexibility index (Phi) is 5.07. The number of likely N-dealkylation sites (tertiary alicyclic amines) is 1. The Bertz CT molecular complexity index is 957. The Morgan fingerprint density at radius 3 is 2.70 bits per heavy atom. The van der Waals surface area contributed by atoms with Crippen molar-refractivity contribution >= 4 is 27.8 Å². The van der Waals surface area contributed by atoms with E-state index in [2.05, 4.69) is 4.98 Å². The first-order chi connectivity index (χ1) is 13.1. The molecule has 1 atom stereocenters. The van der Waals surface area contributed by atoms with Crippen molar-refractivity contribution in [2.75, 3.05) is 19.3 Å².